The smallest absolute Gasteiger partial charge is 0.267 e. The van der Waals surface area contributed by atoms with Gasteiger partial charge in [0.1, 0.15) is 16.3 Å². The van der Waals surface area contributed by atoms with E-state index in [-0.39, 0.29) is 5.56 Å². The summed E-state index contributed by atoms with van der Waals surface area (Å²) in [5.74, 6) is 1.20. The zero-order valence-electron chi connectivity index (χ0n) is 13.2. The molecule has 0 fully saturated rings. The highest BCUT2D eigenvalue weighted by molar-refractivity contribution is 7.71. The Morgan fingerprint density at radius 2 is 1.29 bits per heavy atom. The molecule has 0 saturated heterocycles. The summed E-state index contributed by atoms with van der Waals surface area (Å²) in [5, 5.41) is 1.38. The molecule has 0 aliphatic carbocycles. The molecule has 24 heavy (non-hydrogen) atoms. The van der Waals surface area contributed by atoms with Crippen molar-refractivity contribution in [3.63, 3.8) is 0 Å². The van der Waals surface area contributed by atoms with E-state index in [1.165, 1.54) is 4.68 Å². The first-order chi connectivity index (χ1) is 11.6. The van der Waals surface area contributed by atoms with E-state index in [9.17, 15) is 4.79 Å². The molecule has 0 spiro atoms. The van der Waals surface area contributed by atoms with Gasteiger partial charge >= 0.3 is 0 Å². The lowest BCUT2D eigenvalue weighted by molar-refractivity contribution is 0.563. The molecule has 0 N–H and O–H groups in total. The molecule has 5 nitrogen and oxygen atoms in total. The lowest BCUT2D eigenvalue weighted by Crippen LogP contribution is -2.31. The molecule has 118 valence electrons. The summed E-state index contributed by atoms with van der Waals surface area (Å²) in [6.45, 7) is 3.63. The first-order valence-electron chi connectivity index (χ1n) is 7.55. The lowest BCUT2D eigenvalue weighted by atomic mass is 10.2. The van der Waals surface area contributed by atoms with Gasteiger partial charge in [-0.3, -0.25) is 4.79 Å². The Hall–Kier alpha value is -2.86. The quantitative estimate of drug-likeness (QED) is 0.501. The molecular formula is C18H14N4OS. The predicted octanol–water partition coefficient (Wildman–Crippen LogP) is 3.40. The summed E-state index contributed by atoms with van der Waals surface area (Å²) < 4.78 is 3.70. The molecule has 0 atom stereocenters. The van der Waals surface area contributed by atoms with Gasteiger partial charge in [0, 0.05) is 5.39 Å². The summed E-state index contributed by atoms with van der Waals surface area (Å²) in [7, 11) is 0. The van der Waals surface area contributed by atoms with Crippen molar-refractivity contribution < 1.29 is 0 Å². The minimum Gasteiger partial charge on any atom is -0.267 e. The van der Waals surface area contributed by atoms with Crippen molar-refractivity contribution in [3.8, 4) is 0 Å². The molecule has 0 amide bonds. The van der Waals surface area contributed by atoms with Gasteiger partial charge in [-0.15, -0.1) is 0 Å². The van der Waals surface area contributed by atoms with Gasteiger partial charge in [-0.2, -0.15) is 4.68 Å². The Morgan fingerprint density at radius 1 is 0.792 bits per heavy atom. The van der Waals surface area contributed by atoms with Crippen LogP contribution in [0.15, 0.2) is 53.3 Å². The van der Waals surface area contributed by atoms with Gasteiger partial charge < -0.3 is 0 Å². The summed E-state index contributed by atoms with van der Waals surface area (Å²) in [6.07, 6.45) is 0. The minimum absolute atomic E-state index is 0.158. The highest BCUT2D eigenvalue weighted by Crippen LogP contribution is 2.16. The third kappa shape index (κ3) is 2.07. The van der Waals surface area contributed by atoms with Crippen LogP contribution in [0.25, 0.3) is 21.8 Å². The van der Waals surface area contributed by atoms with Gasteiger partial charge in [-0.05, 0) is 38.1 Å². The second kappa shape index (κ2) is 5.35. The van der Waals surface area contributed by atoms with E-state index >= 15 is 0 Å². The van der Waals surface area contributed by atoms with E-state index in [4.69, 9.17) is 12.2 Å². The van der Waals surface area contributed by atoms with Crippen molar-refractivity contribution in [1.82, 2.24) is 19.3 Å². The molecule has 2 aromatic carbocycles. The predicted molar refractivity (Wildman–Crippen MR) is 96.8 cm³/mol. The molecule has 4 rings (SSSR count). The zero-order valence-corrected chi connectivity index (χ0v) is 14.0. The Kier molecular flexibility index (Phi) is 3.28. The third-order valence-corrected chi connectivity index (χ3v) is 4.42. The number of aromatic nitrogens is 4. The molecule has 0 bridgehead atoms. The molecule has 0 aliphatic heterocycles. The summed E-state index contributed by atoms with van der Waals surface area (Å²) >= 11 is 5.64. The fraction of sp³-hybridized carbons (Fsp3) is 0.111. The largest absolute Gasteiger partial charge is 0.280 e. The van der Waals surface area contributed by atoms with Gasteiger partial charge in [0.15, 0.2) is 0 Å². The second-order valence-electron chi connectivity index (χ2n) is 5.59. The summed E-state index contributed by atoms with van der Waals surface area (Å²) in [4.78, 5) is 22.1. The molecule has 0 saturated carbocycles. The molecule has 2 aromatic heterocycles. The van der Waals surface area contributed by atoms with Crippen molar-refractivity contribution in [3.05, 3.63) is 75.2 Å². The third-order valence-electron chi connectivity index (χ3n) is 4.03. The number of fused-ring (bicyclic) bond motifs is 2. The van der Waals surface area contributed by atoms with Crippen molar-refractivity contribution in [2.45, 2.75) is 13.8 Å². The SMILES string of the molecule is Cc1nc2ccccc2c(=O)n1-n1c(C)nc2ccccc2c1=S. The summed E-state index contributed by atoms with van der Waals surface area (Å²) in [5.41, 5.74) is 1.33. The zero-order chi connectivity index (χ0) is 16.8. The van der Waals surface area contributed by atoms with Crippen LogP contribution >= 0.6 is 12.2 Å². The number of aryl methyl sites for hydroxylation is 2. The fourth-order valence-corrected chi connectivity index (χ4v) is 3.33. The standard InChI is InChI=1S/C18H14N4OS/c1-11-19-15-9-5-3-7-13(15)17(23)21(11)22-12(2)20-16-10-6-4-8-14(16)18(22)24/h3-10H,1-2H3. The monoisotopic (exact) mass is 334 g/mol. The van der Waals surface area contributed by atoms with Crippen LogP contribution in [0.1, 0.15) is 11.6 Å². The molecule has 4 aromatic rings. The van der Waals surface area contributed by atoms with E-state index in [1.807, 2.05) is 49.4 Å². The molecule has 0 unspecified atom stereocenters. The highest BCUT2D eigenvalue weighted by atomic mass is 32.1. The highest BCUT2D eigenvalue weighted by Gasteiger charge is 2.13. The van der Waals surface area contributed by atoms with Crippen LogP contribution < -0.4 is 5.56 Å². The van der Waals surface area contributed by atoms with E-state index in [0.717, 1.165) is 10.9 Å². The van der Waals surface area contributed by atoms with Crippen molar-refractivity contribution in [2.75, 3.05) is 0 Å². The molecule has 2 heterocycles. The number of nitrogens with zero attached hydrogens (tertiary/aromatic N) is 4. The second-order valence-corrected chi connectivity index (χ2v) is 5.97. The van der Waals surface area contributed by atoms with Crippen LogP contribution in [-0.4, -0.2) is 19.3 Å². The van der Waals surface area contributed by atoms with Gasteiger partial charge in [0.2, 0.25) is 0 Å². The van der Waals surface area contributed by atoms with E-state index in [1.54, 1.807) is 17.7 Å². The van der Waals surface area contributed by atoms with Gasteiger partial charge in [0.25, 0.3) is 5.56 Å². The van der Waals surface area contributed by atoms with Crippen LogP contribution in [0.4, 0.5) is 0 Å². The number of hydrogen-bond acceptors (Lipinski definition) is 4. The van der Waals surface area contributed by atoms with Gasteiger partial charge in [0.05, 0.1) is 16.4 Å². The van der Waals surface area contributed by atoms with Crippen LogP contribution in [0.3, 0.4) is 0 Å². The first kappa shape index (κ1) is 14.7. The van der Waals surface area contributed by atoms with Crippen molar-refractivity contribution in [1.29, 1.82) is 0 Å². The molecule has 0 aliphatic rings. The van der Waals surface area contributed by atoms with Crippen molar-refractivity contribution in [2.24, 2.45) is 0 Å². The molecule has 6 heteroatoms. The Bertz CT molecular complexity index is 1130. The topological polar surface area (TPSA) is 52.7 Å². The number of rotatable bonds is 1. The lowest BCUT2D eigenvalue weighted by Gasteiger charge is -2.17. The van der Waals surface area contributed by atoms with Crippen LogP contribution in [0, 0.1) is 18.5 Å². The van der Waals surface area contributed by atoms with Gasteiger partial charge in [-0.1, -0.05) is 36.5 Å². The maximum Gasteiger partial charge on any atom is 0.280 e. The molecule has 0 radical (unpaired) electrons. The maximum atomic E-state index is 13.0. The number of benzene rings is 2. The fourth-order valence-electron chi connectivity index (χ4n) is 2.94. The van der Waals surface area contributed by atoms with Crippen LogP contribution in [-0.2, 0) is 0 Å². The first-order valence-corrected chi connectivity index (χ1v) is 7.96. The normalized spacial score (nSPS) is 11.2. The summed E-state index contributed by atoms with van der Waals surface area (Å²) in [6, 6.07) is 15.0. The number of para-hydroxylation sites is 2. The Balaban J connectivity index is 2.18. The number of hydrogen-bond donors (Lipinski definition) is 0. The van der Waals surface area contributed by atoms with Gasteiger partial charge in [-0.25, -0.2) is 14.6 Å². The van der Waals surface area contributed by atoms with Crippen molar-refractivity contribution >= 4 is 34.0 Å². The Morgan fingerprint density at radius 3 is 1.96 bits per heavy atom. The van der Waals surface area contributed by atoms with Crippen LogP contribution in [0.2, 0.25) is 0 Å². The maximum absolute atomic E-state index is 13.0. The van der Waals surface area contributed by atoms with Crippen LogP contribution in [0.5, 0.6) is 0 Å². The van der Waals surface area contributed by atoms with E-state index in [0.29, 0.717) is 27.2 Å². The average molecular weight is 334 g/mol. The minimum atomic E-state index is -0.158. The molecular weight excluding hydrogens is 320 g/mol. The van der Waals surface area contributed by atoms with E-state index in [2.05, 4.69) is 9.97 Å². The Labute approximate surface area is 142 Å². The average Bonchev–Trinajstić information content (AvgIpc) is 2.57. The van der Waals surface area contributed by atoms with E-state index < -0.39 is 0 Å².